The first-order valence-corrected chi connectivity index (χ1v) is 7.30. The van der Waals surface area contributed by atoms with Crippen LogP contribution in [-0.2, 0) is 4.79 Å². The van der Waals surface area contributed by atoms with Crippen molar-refractivity contribution in [1.82, 2.24) is 5.32 Å². The van der Waals surface area contributed by atoms with E-state index < -0.39 is 11.4 Å². The Balaban J connectivity index is 2.72. The van der Waals surface area contributed by atoms with E-state index in [9.17, 15) is 14.7 Å². The Hall–Kier alpha value is -1.11. The van der Waals surface area contributed by atoms with E-state index in [0.717, 1.165) is 3.57 Å². The van der Waals surface area contributed by atoms with Crippen LogP contribution in [0.2, 0.25) is 0 Å². The molecule has 0 heterocycles. The summed E-state index contributed by atoms with van der Waals surface area (Å²) in [5, 5.41) is 12.0. The maximum Gasteiger partial charge on any atom is 0.311 e. The van der Waals surface area contributed by atoms with E-state index in [4.69, 9.17) is 0 Å². The highest BCUT2D eigenvalue weighted by atomic mass is 127. The van der Waals surface area contributed by atoms with E-state index in [1.807, 2.05) is 26.0 Å². The highest BCUT2D eigenvalue weighted by Crippen LogP contribution is 2.25. The van der Waals surface area contributed by atoms with Crippen molar-refractivity contribution in [3.63, 3.8) is 0 Å². The summed E-state index contributed by atoms with van der Waals surface area (Å²) in [6.45, 7) is 3.81. The number of carboxylic acids is 1. The maximum absolute atomic E-state index is 12.0. The molecule has 0 aliphatic carbocycles. The standard InChI is InChI=1S/C14H18INO3/c1-3-14(4-2,13(18)19)9-16-12(17)10-5-7-11(15)8-6-10/h5-8H,3-4,9H2,1-2H3,(H,16,17)(H,18,19). The predicted octanol–water partition coefficient (Wildman–Crippen LogP) is 2.91. The molecule has 0 spiro atoms. The Morgan fingerprint density at radius 1 is 1.21 bits per heavy atom. The molecule has 0 saturated heterocycles. The van der Waals surface area contributed by atoms with Gasteiger partial charge >= 0.3 is 5.97 Å². The lowest BCUT2D eigenvalue weighted by molar-refractivity contribution is -0.149. The number of hydrogen-bond acceptors (Lipinski definition) is 2. The molecule has 5 heteroatoms. The molecule has 0 fully saturated rings. The quantitative estimate of drug-likeness (QED) is 0.752. The van der Waals surface area contributed by atoms with Gasteiger partial charge in [-0.1, -0.05) is 13.8 Å². The molecule has 1 amide bonds. The molecule has 1 rings (SSSR count). The van der Waals surface area contributed by atoms with E-state index in [2.05, 4.69) is 27.9 Å². The van der Waals surface area contributed by atoms with Crippen molar-refractivity contribution in [2.24, 2.45) is 5.41 Å². The molecule has 4 nitrogen and oxygen atoms in total. The molecule has 0 aromatic heterocycles. The van der Waals surface area contributed by atoms with Gasteiger partial charge in [-0.2, -0.15) is 0 Å². The maximum atomic E-state index is 12.0. The first kappa shape index (κ1) is 15.9. The monoisotopic (exact) mass is 375 g/mol. The van der Waals surface area contributed by atoms with Crippen LogP contribution in [0.5, 0.6) is 0 Å². The van der Waals surface area contributed by atoms with Crippen molar-refractivity contribution < 1.29 is 14.7 Å². The molecule has 104 valence electrons. The second-order valence-corrected chi connectivity index (χ2v) is 5.73. The molecule has 0 aliphatic heterocycles. The third-order valence-electron chi connectivity index (χ3n) is 3.50. The fourth-order valence-electron chi connectivity index (χ4n) is 1.83. The van der Waals surface area contributed by atoms with Crippen molar-refractivity contribution in [3.05, 3.63) is 33.4 Å². The number of hydrogen-bond donors (Lipinski definition) is 2. The zero-order valence-corrected chi connectivity index (χ0v) is 13.2. The minimum Gasteiger partial charge on any atom is -0.481 e. The van der Waals surface area contributed by atoms with Crippen LogP contribution in [-0.4, -0.2) is 23.5 Å². The number of benzene rings is 1. The van der Waals surface area contributed by atoms with Gasteiger partial charge in [0.1, 0.15) is 0 Å². The van der Waals surface area contributed by atoms with Crippen molar-refractivity contribution in [3.8, 4) is 0 Å². The second kappa shape index (κ2) is 6.88. The van der Waals surface area contributed by atoms with Crippen LogP contribution in [0.25, 0.3) is 0 Å². The number of rotatable bonds is 6. The molecule has 0 atom stereocenters. The Bertz CT molecular complexity index is 452. The molecule has 0 unspecified atom stereocenters. The SMILES string of the molecule is CCC(CC)(CNC(=O)c1ccc(I)cc1)C(=O)O. The fraction of sp³-hybridized carbons (Fsp3) is 0.429. The summed E-state index contributed by atoms with van der Waals surface area (Å²) in [5.74, 6) is -1.09. The molecular weight excluding hydrogens is 357 g/mol. The molecular formula is C14H18INO3. The molecule has 0 bridgehead atoms. The van der Waals surface area contributed by atoms with E-state index >= 15 is 0 Å². The Labute approximate surface area is 126 Å². The molecule has 0 aliphatic rings. The zero-order valence-electron chi connectivity index (χ0n) is 11.1. The minimum absolute atomic E-state index is 0.153. The van der Waals surface area contributed by atoms with Gasteiger partial charge in [-0.05, 0) is 59.7 Å². The van der Waals surface area contributed by atoms with Crippen LogP contribution in [0.4, 0.5) is 0 Å². The molecule has 0 radical (unpaired) electrons. The highest BCUT2D eigenvalue weighted by Gasteiger charge is 2.35. The summed E-state index contributed by atoms with van der Waals surface area (Å²) in [5.41, 5.74) is -0.328. The van der Waals surface area contributed by atoms with Gasteiger partial charge in [0.05, 0.1) is 5.41 Å². The molecule has 0 saturated carbocycles. The van der Waals surface area contributed by atoms with Crippen LogP contribution in [0.3, 0.4) is 0 Å². The van der Waals surface area contributed by atoms with Gasteiger partial charge in [-0.25, -0.2) is 0 Å². The molecule has 19 heavy (non-hydrogen) atoms. The lowest BCUT2D eigenvalue weighted by Crippen LogP contribution is -2.42. The highest BCUT2D eigenvalue weighted by molar-refractivity contribution is 14.1. The third kappa shape index (κ3) is 3.92. The largest absolute Gasteiger partial charge is 0.481 e. The zero-order chi connectivity index (χ0) is 14.5. The van der Waals surface area contributed by atoms with Gasteiger partial charge in [0.15, 0.2) is 0 Å². The van der Waals surface area contributed by atoms with Crippen LogP contribution >= 0.6 is 22.6 Å². The predicted molar refractivity (Wildman–Crippen MR) is 82.1 cm³/mol. The third-order valence-corrected chi connectivity index (χ3v) is 4.22. The average molecular weight is 375 g/mol. The summed E-state index contributed by atoms with van der Waals surface area (Å²) >= 11 is 2.17. The summed E-state index contributed by atoms with van der Waals surface area (Å²) in [6, 6.07) is 7.16. The Morgan fingerprint density at radius 3 is 2.16 bits per heavy atom. The summed E-state index contributed by atoms with van der Waals surface area (Å²) in [4.78, 5) is 23.3. The van der Waals surface area contributed by atoms with Gasteiger partial charge in [0, 0.05) is 15.7 Å². The summed E-state index contributed by atoms with van der Waals surface area (Å²) in [6.07, 6.45) is 0.984. The van der Waals surface area contributed by atoms with Gasteiger partial charge in [0.25, 0.3) is 5.91 Å². The smallest absolute Gasteiger partial charge is 0.311 e. The van der Waals surface area contributed by atoms with E-state index in [-0.39, 0.29) is 12.5 Å². The van der Waals surface area contributed by atoms with Crippen LogP contribution in [0.15, 0.2) is 24.3 Å². The second-order valence-electron chi connectivity index (χ2n) is 4.48. The number of halogens is 1. The Kier molecular flexibility index (Phi) is 5.78. The van der Waals surface area contributed by atoms with Crippen molar-refractivity contribution in [1.29, 1.82) is 0 Å². The van der Waals surface area contributed by atoms with Crippen molar-refractivity contribution >= 4 is 34.5 Å². The first-order valence-electron chi connectivity index (χ1n) is 6.22. The topological polar surface area (TPSA) is 66.4 Å². The number of nitrogens with one attached hydrogen (secondary N) is 1. The van der Waals surface area contributed by atoms with Crippen LogP contribution in [0, 0.1) is 8.99 Å². The number of carboxylic acid groups (broad SMARTS) is 1. The number of carbonyl (C=O) groups excluding carboxylic acids is 1. The van der Waals surface area contributed by atoms with Crippen LogP contribution in [0.1, 0.15) is 37.0 Å². The summed E-state index contributed by atoms with van der Waals surface area (Å²) in [7, 11) is 0. The molecule has 1 aromatic carbocycles. The number of carbonyl (C=O) groups is 2. The first-order chi connectivity index (χ1) is 8.95. The average Bonchev–Trinajstić information content (AvgIpc) is 2.40. The summed E-state index contributed by atoms with van der Waals surface area (Å²) < 4.78 is 1.05. The van der Waals surface area contributed by atoms with Gasteiger partial charge in [-0.3, -0.25) is 9.59 Å². The van der Waals surface area contributed by atoms with E-state index in [1.54, 1.807) is 12.1 Å². The minimum atomic E-state index is -0.876. The van der Waals surface area contributed by atoms with Gasteiger partial charge < -0.3 is 10.4 Å². The number of amides is 1. The lowest BCUT2D eigenvalue weighted by atomic mass is 9.82. The lowest BCUT2D eigenvalue weighted by Gasteiger charge is -2.26. The van der Waals surface area contributed by atoms with Crippen molar-refractivity contribution in [2.45, 2.75) is 26.7 Å². The van der Waals surface area contributed by atoms with E-state index in [0.29, 0.717) is 18.4 Å². The Morgan fingerprint density at radius 2 is 1.74 bits per heavy atom. The molecule has 2 N–H and O–H groups in total. The number of aliphatic carboxylic acids is 1. The van der Waals surface area contributed by atoms with Gasteiger partial charge in [0.2, 0.25) is 0 Å². The fourth-order valence-corrected chi connectivity index (χ4v) is 2.19. The van der Waals surface area contributed by atoms with E-state index in [1.165, 1.54) is 0 Å². The van der Waals surface area contributed by atoms with Gasteiger partial charge in [-0.15, -0.1) is 0 Å². The van der Waals surface area contributed by atoms with Crippen LogP contribution < -0.4 is 5.32 Å². The normalized spacial score (nSPS) is 11.1. The van der Waals surface area contributed by atoms with Crippen molar-refractivity contribution in [2.75, 3.05) is 6.54 Å². The molecule has 1 aromatic rings.